The molecule has 24 heavy (non-hydrogen) atoms. The van der Waals surface area contributed by atoms with E-state index in [0.29, 0.717) is 0 Å². The summed E-state index contributed by atoms with van der Waals surface area (Å²) in [7, 11) is 0. The van der Waals surface area contributed by atoms with Gasteiger partial charge in [-0.2, -0.15) is 0 Å². The van der Waals surface area contributed by atoms with Crippen LogP contribution in [0, 0.1) is 17.8 Å². The molecule has 0 N–H and O–H groups in total. The van der Waals surface area contributed by atoms with Gasteiger partial charge in [-0.1, -0.05) is 20.8 Å². The summed E-state index contributed by atoms with van der Waals surface area (Å²) in [5, 5.41) is 0. The predicted molar refractivity (Wildman–Crippen MR) is 104 cm³/mol. The molecule has 0 radical (unpaired) electrons. The maximum Gasteiger partial charge on any atom is 0.0102 e. The molecule has 140 valence electrons. The summed E-state index contributed by atoms with van der Waals surface area (Å²) in [5.74, 6) is 2.85. The molecular weight excluding hydrogens is 292 g/mol. The summed E-state index contributed by atoms with van der Waals surface area (Å²) in [6.45, 7) is 13.8. The Kier molecular flexibility index (Phi) is 6.65. The summed E-state index contributed by atoms with van der Waals surface area (Å²) in [6, 6.07) is 2.64. The molecule has 0 spiro atoms. The first-order chi connectivity index (χ1) is 11.6. The van der Waals surface area contributed by atoms with E-state index in [4.69, 9.17) is 0 Å². The largest absolute Gasteiger partial charge is 0.303 e. The van der Waals surface area contributed by atoms with Gasteiger partial charge in [0.05, 0.1) is 0 Å². The fourth-order valence-electron chi connectivity index (χ4n) is 5.39. The Morgan fingerprint density at radius 2 is 1.38 bits per heavy atom. The van der Waals surface area contributed by atoms with Crippen LogP contribution in [0.1, 0.15) is 85.5 Å². The molecule has 2 aliphatic carbocycles. The summed E-state index contributed by atoms with van der Waals surface area (Å²) in [6.07, 6.45) is 13.0. The molecule has 0 amide bonds. The monoisotopic (exact) mass is 334 g/mol. The number of piperidine rings is 1. The van der Waals surface area contributed by atoms with Crippen LogP contribution in [-0.4, -0.2) is 47.6 Å². The average molecular weight is 335 g/mol. The molecule has 3 rings (SSSR count). The average Bonchev–Trinajstić information content (AvgIpc) is 3.42. The fraction of sp³-hybridized carbons (Fsp3) is 1.00. The molecule has 0 aromatic carbocycles. The van der Waals surface area contributed by atoms with Crippen molar-refractivity contribution >= 4 is 0 Å². The fourth-order valence-corrected chi connectivity index (χ4v) is 5.39. The van der Waals surface area contributed by atoms with Crippen molar-refractivity contribution in [2.24, 2.45) is 17.8 Å². The number of rotatable bonds is 7. The first-order valence-corrected chi connectivity index (χ1v) is 11.1. The van der Waals surface area contributed by atoms with Crippen LogP contribution in [0.3, 0.4) is 0 Å². The Labute approximate surface area is 151 Å². The Morgan fingerprint density at radius 3 is 1.83 bits per heavy atom. The zero-order chi connectivity index (χ0) is 17.1. The van der Waals surface area contributed by atoms with Crippen LogP contribution in [0.2, 0.25) is 0 Å². The van der Waals surface area contributed by atoms with E-state index in [1.807, 2.05) is 0 Å². The number of hydrogen-bond donors (Lipinski definition) is 0. The molecule has 2 nitrogen and oxygen atoms in total. The Hall–Kier alpha value is -0.0800. The van der Waals surface area contributed by atoms with E-state index in [1.54, 1.807) is 0 Å². The standard InChI is InChI=1S/C22H42N2/c1-5-18(4)24(22-10-11-22)21-8-6-19(7-9-21)16-23-14-12-20(13-15-23)17(2)3/h17-22H,5-16H2,1-4H3. The summed E-state index contributed by atoms with van der Waals surface area (Å²) in [4.78, 5) is 5.71. The van der Waals surface area contributed by atoms with Crippen LogP contribution in [0.15, 0.2) is 0 Å². The third-order valence-corrected chi connectivity index (χ3v) is 7.40. The van der Waals surface area contributed by atoms with Gasteiger partial charge in [0, 0.05) is 24.7 Å². The lowest BCUT2D eigenvalue weighted by molar-refractivity contribution is 0.0714. The van der Waals surface area contributed by atoms with Gasteiger partial charge in [0.2, 0.25) is 0 Å². The van der Waals surface area contributed by atoms with E-state index in [9.17, 15) is 0 Å². The molecule has 1 atom stereocenters. The molecule has 3 fully saturated rings. The van der Waals surface area contributed by atoms with Gasteiger partial charge < -0.3 is 4.90 Å². The normalized spacial score (nSPS) is 31.8. The Morgan fingerprint density at radius 1 is 0.833 bits per heavy atom. The van der Waals surface area contributed by atoms with Crippen LogP contribution in [0.5, 0.6) is 0 Å². The van der Waals surface area contributed by atoms with Crippen molar-refractivity contribution in [1.82, 2.24) is 9.80 Å². The molecule has 3 aliphatic rings. The summed E-state index contributed by atoms with van der Waals surface area (Å²) in [5.41, 5.74) is 0. The minimum absolute atomic E-state index is 0.800. The highest BCUT2D eigenvalue weighted by Gasteiger charge is 2.38. The van der Waals surface area contributed by atoms with Crippen molar-refractivity contribution in [2.45, 2.75) is 104 Å². The Bertz CT molecular complexity index is 360. The molecule has 0 aromatic rings. The highest BCUT2D eigenvalue weighted by molar-refractivity contribution is 4.93. The first kappa shape index (κ1) is 18.7. The smallest absolute Gasteiger partial charge is 0.0102 e. The van der Waals surface area contributed by atoms with Gasteiger partial charge in [0.25, 0.3) is 0 Å². The van der Waals surface area contributed by atoms with Crippen LogP contribution in [0.4, 0.5) is 0 Å². The lowest BCUT2D eigenvalue weighted by Gasteiger charge is -2.42. The molecule has 0 aromatic heterocycles. The molecule has 2 heteroatoms. The molecule has 0 bridgehead atoms. The van der Waals surface area contributed by atoms with Crippen molar-refractivity contribution in [3.63, 3.8) is 0 Å². The topological polar surface area (TPSA) is 6.48 Å². The van der Waals surface area contributed by atoms with Gasteiger partial charge in [-0.05, 0) is 95.6 Å². The quantitative estimate of drug-likeness (QED) is 0.633. The van der Waals surface area contributed by atoms with Gasteiger partial charge >= 0.3 is 0 Å². The highest BCUT2D eigenvalue weighted by Crippen LogP contribution is 2.37. The van der Waals surface area contributed by atoms with Gasteiger partial charge in [-0.15, -0.1) is 0 Å². The van der Waals surface area contributed by atoms with Crippen molar-refractivity contribution in [2.75, 3.05) is 19.6 Å². The highest BCUT2D eigenvalue weighted by atomic mass is 15.2. The van der Waals surface area contributed by atoms with Crippen molar-refractivity contribution in [1.29, 1.82) is 0 Å². The maximum absolute atomic E-state index is 2.92. The number of hydrogen-bond acceptors (Lipinski definition) is 2. The second-order valence-corrected chi connectivity index (χ2v) is 9.49. The van der Waals surface area contributed by atoms with E-state index in [-0.39, 0.29) is 0 Å². The van der Waals surface area contributed by atoms with Crippen LogP contribution in [-0.2, 0) is 0 Å². The van der Waals surface area contributed by atoms with Crippen molar-refractivity contribution in [3.8, 4) is 0 Å². The second kappa shape index (κ2) is 8.54. The van der Waals surface area contributed by atoms with Crippen LogP contribution >= 0.6 is 0 Å². The third kappa shape index (κ3) is 4.75. The van der Waals surface area contributed by atoms with E-state index < -0.39 is 0 Å². The molecule has 1 unspecified atom stereocenters. The lowest BCUT2D eigenvalue weighted by atomic mass is 9.83. The van der Waals surface area contributed by atoms with Crippen LogP contribution in [0.25, 0.3) is 0 Å². The molecule has 2 saturated carbocycles. The second-order valence-electron chi connectivity index (χ2n) is 9.49. The summed E-state index contributed by atoms with van der Waals surface area (Å²) >= 11 is 0. The number of likely N-dealkylation sites (tertiary alicyclic amines) is 1. The van der Waals surface area contributed by atoms with Crippen molar-refractivity contribution < 1.29 is 0 Å². The zero-order valence-electron chi connectivity index (χ0n) is 16.8. The van der Waals surface area contributed by atoms with Gasteiger partial charge in [-0.3, -0.25) is 4.90 Å². The third-order valence-electron chi connectivity index (χ3n) is 7.40. The van der Waals surface area contributed by atoms with E-state index in [1.165, 1.54) is 77.4 Å². The van der Waals surface area contributed by atoms with Crippen molar-refractivity contribution in [3.05, 3.63) is 0 Å². The summed E-state index contributed by atoms with van der Waals surface area (Å²) < 4.78 is 0. The molecule has 1 heterocycles. The minimum Gasteiger partial charge on any atom is -0.303 e. The molecule has 1 saturated heterocycles. The molecule has 1 aliphatic heterocycles. The van der Waals surface area contributed by atoms with Gasteiger partial charge in [-0.25, -0.2) is 0 Å². The zero-order valence-corrected chi connectivity index (χ0v) is 16.8. The SMILES string of the molecule is CCC(C)N(C1CCC(CN2CCC(C(C)C)CC2)CC1)C1CC1. The van der Waals surface area contributed by atoms with E-state index in [2.05, 4.69) is 37.5 Å². The van der Waals surface area contributed by atoms with E-state index >= 15 is 0 Å². The Balaban J connectivity index is 1.41. The predicted octanol–water partition coefficient (Wildman–Crippen LogP) is 5.18. The van der Waals surface area contributed by atoms with Gasteiger partial charge in [0.15, 0.2) is 0 Å². The lowest BCUT2D eigenvalue weighted by Crippen LogP contribution is -2.46. The minimum atomic E-state index is 0.800. The van der Waals surface area contributed by atoms with Crippen LogP contribution < -0.4 is 0 Å². The number of nitrogens with zero attached hydrogens (tertiary/aromatic N) is 2. The van der Waals surface area contributed by atoms with E-state index in [0.717, 1.165) is 35.9 Å². The maximum atomic E-state index is 2.92. The van der Waals surface area contributed by atoms with Gasteiger partial charge in [0.1, 0.15) is 0 Å². The molecular formula is C22H42N2. The first-order valence-electron chi connectivity index (χ1n) is 11.1.